The molecule has 0 radical (unpaired) electrons. The minimum absolute atomic E-state index is 0.134. The predicted octanol–water partition coefficient (Wildman–Crippen LogP) is 1.96. The molecule has 0 saturated heterocycles. The fraction of sp³-hybridized carbons (Fsp3) is 0.615. The average molecular weight is 300 g/mol. The third kappa shape index (κ3) is 4.16. The maximum Gasteiger partial charge on any atom is 0.246 e. The molecule has 1 aromatic heterocycles. The lowest BCUT2D eigenvalue weighted by molar-refractivity contribution is 0.395. The van der Waals surface area contributed by atoms with Crippen LogP contribution in [0.25, 0.3) is 0 Å². The van der Waals surface area contributed by atoms with E-state index in [0.29, 0.717) is 18.8 Å². The van der Waals surface area contributed by atoms with Gasteiger partial charge in [-0.3, -0.25) is 10.8 Å². The van der Waals surface area contributed by atoms with Crippen molar-refractivity contribution in [3.63, 3.8) is 0 Å². The lowest BCUT2D eigenvalue weighted by atomic mass is 10.3. The topological polar surface area (TPSA) is 88.3 Å². The first-order valence-corrected chi connectivity index (χ1v) is 8.42. The smallest absolute Gasteiger partial charge is 0.246 e. The predicted molar refractivity (Wildman–Crippen MR) is 80.6 cm³/mol. The number of pyridine rings is 1. The third-order valence-electron chi connectivity index (χ3n) is 3.08. The minimum Gasteiger partial charge on any atom is -0.323 e. The summed E-state index contributed by atoms with van der Waals surface area (Å²) in [6, 6.07) is 1.56. The highest BCUT2D eigenvalue weighted by molar-refractivity contribution is 7.89. The molecule has 0 atom stereocenters. The molecule has 0 fully saturated rings. The number of anilines is 1. The lowest BCUT2D eigenvalue weighted by Crippen LogP contribution is -2.33. The van der Waals surface area contributed by atoms with Gasteiger partial charge >= 0.3 is 0 Å². The molecule has 1 aromatic rings. The zero-order chi connectivity index (χ0) is 15.0. The fourth-order valence-corrected chi connectivity index (χ4v) is 3.48. The van der Waals surface area contributed by atoms with E-state index in [9.17, 15) is 8.42 Å². The van der Waals surface area contributed by atoms with Crippen molar-refractivity contribution in [3.8, 4) is 0 Å². The lowest BCUT2D eigenvalue weighted by Gasteiger charge is -2.22. The molecule has 0 aromatic carbocycles. The van der Waals surface area contributed by atoms with E-state index in [1.807, 2.05) is 13.8 Å². The summed E-state index contributed by atoms with van der Waals surface area (Å²) in [6.07, 6.45) is 6.44. The van der Waals surface area contributed by atoms with E-state index in [-0.39, 0.29) is 4.90 Å². The monoisotopic (exact) mass is 300 g/mol. The summed E-state index contributed by atoms with van der Waals surface area (Å²) >= 11 is 0. The number of nitrogen functional groups attached to an aromatic ring is 1. The summed E-state index contributed by atoms with van der Waals surface area (Å²) in [4.78, 5) is 4.04. The summed E-state index contributed by atoms with van der Waals surface area (Å²) in [5, 5.41) is 0. The van der Waals surface area contributed by atoms with Gasteiger partial charge in [0.1, 0.15) is 4.90 Å². The summed E-state index contributed by atoms with van der Waals surface area (Å²) in [5.74, 6) is 5.39. The van der Waals surface area contributed by atoms with Crippen molar-refractivity contribution in [2.45, 2.75) is 44.4 Å². The van der Waals surface area contributed by atoms with Crippen molar-refractivity contribution in [2.24, 2.45) is 5.84 Å². The molecule has 3 N–H and O–H groups in total. The molecule has 1 rings (SSSR count). The molecule has 20 heavy (non-hydrogen) atoms. The number of unbranched alkanes of at least 4 members (excludes halogenated alkanes) is 2. The van der Waals surface area contributed by atoms with E-state index in [1.54, 1.807) is 6.07 Å². The van der Waals surface area contributed by atoms with E-state index in [1.165, 1.54) is 16.7 Å². The number of rotatable bonds is 9. The van der Waals surface area contributed by atoms with Crippen LogP contribution in [-0.4, -0.2) is 30.8 Å². The number of sulfonamides is 1. The van der Waals surface area contributed by atoms with Gasteiger partial charge in [0.2, 0.25) is 10.0 Å². The van der Waals surface area contributed by atoms with E-state index in [0.717, 1.165) is 25.7 Å². The Morgan fingerprint density at radius 1 is 1.25 bits per heavy atom. The highest BCUT2D eigenvalue weighted by Gasteiger charge is 2.26. The van der Waals surface area contributed by atoms with Crippen LogP contribution in [0.2, 0.25) is 0 Å². The first-order valence-electron chi connectivity index (χ1n) is 6.98. The molecule has 114 valence electrons. The number of nitrogens with two attached hydrogens (primary N) is 1. The summed E-state index contributed by atoms with van der Waals surface area (Å²) in [5.41, 5.74) is 2.80. The molecule has 1 heterocycles. The minimum atomic E-state index is -3.56. The van der Waals surface area contributed by atoms with E-state index in [4.69, 9.17) is 5.84 Å². The molecule has 0 bridgehead atoms. The highest BCUT2D eigenvalue weighted by atomic mass is 32.2. The normalized spacial score (nSPS) is 11.8. The first-order chi connectivity index (χ1) is 9.57. The first kappa shape index (κ1) is 16.9. The van der Waals surface area contributed by atoms with Crippen molar-refractivity contribution in [1.29, 1.82) is 0 Å². The van der Waals surface area contributed by atoms with Crippen LogP contribution in [0, 0.1) is 0 Å². The molecule has 0 aliphatic heterocycles. The fourth-order valence-electron chi connectivity index (χ4n) is 1.86. The number of hydrogen-bond donors (Lipinski definition) is 2. The zero-order valence-electron chi connectivity index (χ0n) is 12.2. The molecule has 0 amide bonds. The second kappa shape index (κ2) is 8.18. The largest absolute Gasteiger partial charge is 0.323 e. The van der Waals surface area contributed by atoms with Crippen molar-refractivity contribution < 1.29 is 8.42 Å². The molecular weight excluding hydrogens is 276 g/mol. The molecular formula is C13H24N4O2S. The van der Waals surface area contributed by atoms with Crippen molar-refractivity contribution in [1.82, 2.24) is 9.29 Å². The summed E-state index contributed by atoms with van der Waals surface area (Å²) in [6.45, 7) is 5.14. The molecule has 0 unspecified atom stereocenters. The van der Waals surface area contributed by atoms with Crippen LogP contribution >= 0.6 is 0 Å². The number of aromatic nitrogens is 1. The van der Waals surface area contributed by atoms with Crippen molar-refractivity contribution in [2.75, 3.05) is 18.5 Å². The molecule has 0 aliphatic rings. The molecule has 0 aliphatic carbocycles. The number of nitrogens with zero attached hydrogens (tertiary/aromatic N) is 2. The third-order valence-corrected chi connectivity index (χ3v) is 5.01. The molecule has 7 heteroatoms. The second-order valence-corrected chi connectivity index (χ2v) is 6.53. The van der Waals surface area contributed by atoms with Crippen LogP contribution in [0.3, 0.4) is 0 Å². The molecule has 0 saturated carbocycles. The standard InChI is InChI=1S/C13H24N4O2S/c1-3-5-9-17(10-6-4-2)20(18,19)13-11-15-8-7-12(13)16-14/h7-8,11H,3-6,9-10,14H2,1-2H3,(H,15,16). The van der Waals surface area contributed by atoms with Gasteiger partial charge in [0.15, 0.2) is 0 Å². The van der Waals surface area contributed by atoms with E-state index >= 15 is 0 Å². The Kier molecular flexibility index (Phi) is 6.90. The maximum atomic E-state index is 12.7. The Hall–Kier alpha value is -1.18. The number of hydrazine groups is 1. The SMILES string of the molecule is CCCCN(CCCC)S(=O)(=O)c1cnccc1NN. The number of hydrogen-bond acceptors (Lipinski definition) is 5. The van der Waals surface area contributed by atoms with Gasteiger partial charge in [-0.1, -0.05) is 26.7 Å². The zero-order valence-corrected chi connectivity index (χ0v) is 13.0. The van der Waals surface area contributed by atoms with E-state index in [2.05, 4.69) is 10.4 Å². The Morgan fingerprint density at radius 2 is 1.85 bits per heavy atom. The Labute approximate surface area is 121 Å². The van der Waals surface area contributed by atoms with Gasteiger partial charge in [-0.2, -0.15) is 4.31 Å². The average Bonchev–Trinajstić information content (AvgIpc) is 2.47. The Morgan fingerprint density at radius 3 is 2.35 bits per heavy atom. The summed E-state index contributed by atoms with van der Waals surface area (Å²) < 4.78 is 27.0. The Bertz CT molecular complexity index is 497. The van der Waals surface area contributed by atoms with Crippen LogP contribution in [-0.2, 0) is 10.0 Å². The van der Waals surface area contributed by atoms with Crippen LogP contribution < -0.4 is 11.3 Å². The van der Waals surface area contributed by atoms with Gasteiger partial charge in [-0.25, -0.2) is 8.42 Å². The van der Waals surface area contributed by atoms with Gasteiger partial charge in [-0.15, -0.1) is 0 Å². The quantitative estimate of drug-likeness (QED) is 0.537. The summed E-state index contributed by atoms with van der Waals surface area (Å²) in [7, 11) is -3.56. The van der Waals surface area contributed by atoms with Crippen molar-refractivity contribution >= 4 is 15.7 Å². The highest BCUT2D eigenvalue weighted by Crippen LogP contribution is 2.23. The van der Waals surface area contributed by atoms with Gasteiger partial charge in [0, 0.05) is 25.5 Å². The second-order valence-electron chi connectivity index (χ2n) is 4.63. The maximum absolute atomic E-state index is 12.7. The van der Waals surface area contributed by atoms with Crippen LogP contribution in [0.5, 0.6) is 0 Å². The Balaban J connectivity index is 3.07. The number of nitrogens with one attached hydrogen (secondary N) is 1. The van der Waals surface area contributed by atoms with Gasteiger partial charge < -0.3 is 5.43 Å². The molecule has 0 spiro atoms. The van der Waals surface area contributed by atoms with Crippen LogP contribution in [0.1, 0.15) is 39.5 Å². The van der Waals surface area contributed by atoms with Gasteiger partial charge in [-0.05, 0) is 18.9 Å². The van der Waals surface area contributed by atoms with Crippen LogP contribution in [0.15, 0.2) is 23.4 Å². The molecule has 6 nitrogen and oxygen atoms in total. The van der Waals surface area contributed by atoms with Gasteiger partial charge in [0.25, 0.3) is 0 Å². The van der Waals surface area contributed by atoms with Crippen molar-refractivity contribution in [3.05, 3.63) is 18.5 Å². The van der Waals surface area contributed by atoms with Gasteiger partial charge in [0.05, 0.1) is 5.69 Å². The van der Waals surface area contributed by atoms with E-state index < -0.39 is 10.0 Å². The van der Waals surface area contributed by atoms with Crippen LogP contribution in [0.4, 0.5) is 5.69 Å².